The summed E-state index contributed by atoms with van der Waals surface area (Å²) in [5.41, 5.74) is 2.14. The third-order valence-electron chi connectivity index (χ3n) is 3.04. The van der Waals surface area contributed by atoms with Crippen LogP contribution < -0.4 is 0 Å². The Morgan fingerprint density at radius 3 is 2.58 bits per heavy atom. The van der Waals surface area contributed by atoms with E-state index in [0.717, 1.165) is 10.9 Å². The van der Waals surface area contributed by atoms with Crippen molar-refractivity contribution in [1.82, 2.24) is 0 Å². The van der Waals surface area contributed by atoms with Crippen molar-refractivity contribution in [3.8, 4) is 0 Å². The Bertz CT molecular complexity index is 447. The predicted molar refractivity (Wildman–Crippen MR) is 82.4 cm³/mol. The van der Waals surface area contributed by atoms with Crippen LogP contribution in [-0.4, -0.2) is 11.6 Å². The van der Waals surface area contributed by atoms with Crippen LogP contribution >= 0.6 is 15.9 Å². The van der Waals surface area contributed by atoms with Crippen molar-refractivity contribution in [1.29, 1.82) is 0 Å². The molecule has 0 spiro atoms. The van der Waals surface area contributed by atoms with Gasteiger partial charge in [-0.15, -0.1) is 0 Å². The maximum atomic E-state index is 11.7. The molecule has 1 atom stereocenters. The van der Waals surface area contributed by atoms with Crippen molar-refractivity contribution in [2.75, 3.05) is 0 Å². The standard InChI is InChI=1S/C16H23BrO2/c1-11(9-10-15(18)19-16(3,4)5)13-7-6-8-14(17)12(13)2/h6-8,11H,9-10H2,1-5H3. The molecule has 0 aromatic heterocycles. The minimum atomic E-state index is -0.397. The molecule has 0 heterocycles. The molecule has 1 unspecified atom stereocenters. The van der Waals surface area contributed by atoms with Crippen LogP contribution in [0.15, 0.2) is 22.7 Å². The molecule has 0 fully saturated rings. The van der Waals surface area contributed by atoms with Crippen molar-refractivity contribution in [3.05, 3.63) is 33.8 Å². The van der Waals surface area contributed by atoms with Crippen LogP contribution in [-0.2, 0) is 9.53 Å². The van der Waals surface area contributed by atoms with Crippen LogP contribution in [0.2, 0.25) is 0 Å². The number of hydrogen-bond donors (Lipinski definition) is 0. The summed E-state index contributed by atoms with van der Waals surface area (Å²) in [4.78, 5) is 11.7. The fourth-order valence-electron chi connectivity index (χ4n) is 2.04. The van der Waals surface area contributed by atoms with Crippen molar-refractivity contribution < 1.29 is 9.53 Å². The normalized spacial score (nSPS) is 13.2. The molecule has 3 heteroatoms. The third-order valence-corrected chi connectivity index (χ3v) is 3.90. The number of rotatable bonds is 4. The van der Waals surface area contributed by atoms with Crippen LogP contribution in [0.1, 0.15) is 57.6 Å². The van der Waals surface area contributed by atoms with Gasteiger partial charge in [0.25, 0.3) is 0 Å². The summed E-state index contributed by atoms with van der Waals surface area (Å²) in [7, 11) is 0. The van der Waals surface area contributed by atoms with E-state index in [-0.39, 0.29) is 5.97 Å². The zero-order valence-corrected chi connectivity index (χ0v) is 14.0. The zero-order valence-electron chi connectivity index (χ0n) is 12.4. The van der Waals surface area contributed by atoms with E-state index >= 15 is 0 Å². The van der Waals surface area contributed by atoms with E-state index in [2.05, 4.69) is 35.8 Å². The minimum Gasteiger partial charge on any atom is -0.460 e. The highest BCUT2D eigenvalue weighted by Crippen LogP contribution is 2.28. The lowest BCUT2D eigenvalue weighted by Gasteiger charge is -2.20. The topological polar surface area (TPSA) is 26.3 Å². The lowest BCUT2D eigenvalue weighted by Crippen LogP contribution is -2.23. The Kier molecular flexibility index (Phi) is 5.60. The average Bonchev–Trinajstić information content (AvgIpc) is 2.27. The summed E-state index contributed by atoms with van der Waals surface area (Å²) in [6.45, 7) is 9.94. The van der Waals surface area contributed by atoms with Gasteiger partial charge >= 0.3 is 5.97 Å². The Hall–Kier alpha value is -0.830. The molecule has 19 heavy (non-hydrogen) atoms. The molecular formula is C16H23BrO2. The number of esters is 1. The maximum absolute atomic E-state index is 11.7. The third kappa shape index (κ3) is 5.35. The smallest absolute Gasteiger partial charge is 0.306 e. The average molecular weight is 327 g/mol. The fourth-order valence-corrected chi connectivity index (χ4v) is 2.42. The molecule has 1 rings (SSSR count). The van der Waals surface area contributed by atoms with E-state index in [9.17, 15) is 4.79 Å². The van der Waals surface area contributed by atoms with Gasteiger partial charge in [-0.2, -0.15) is 0 Å². The first-order valence-corrected chi connectivity index (χ1v) is 7.47. The number of carbonyl (C=O) groups excluding carboxylic acids is 1. The number of halogens is 1. The van der Waals surface area contributed by atoms with Crippen LogP contribution in [0.3, 0.4) is 0 Å². The monoisotopic (exact) mass is 326 g/mol. The van der Waals surface area contributed by atoms with Gasteiger partial charge in [0.15, 0.2) is 0 Å². The van der Waals surface area contributed by atoms with E-state index in [0.29, 0.717) is 12.3 Å². The summed E-state index contributed by atoms with van der Waals surface area (Å²) in [5.74, 6) is 0.233. The second-order valence-corrected chi connectivity index (χ2v) is 6.83. The van der Waals surface area contributed by atoms with Crippen LogP contribution in [0.25, 0.3) is 0 Å². The predicted octanol–water partition coefficient (Wildman–Crippen LogP) is 4.98. The molecular weight excluding hydrogens is 304 g/mol. The summed E-state index contributed by atoms with van der Waals surface area (Å²) < 4.78 is 6.45. The minimum absolute atomic E-state index is 0.119. The van der Waals surface area contributed by atoms with Gasteiger partial charge in [0.2, 0.25) is 0 Å². The van der Waals surface area contributed by atoms with Gasteiger partial charge in [0.05, 0.1) is 0 Å². The van der Waals surface area contributed by atoms with Gasteiger partial charge in [-0.3, -0.25) is 4.79 Å². The highest BCUT2D eigenvalue weighted by Gasteiger charge is 2.18. The molecule has 0 saturated carbocycles. The van der Waals surface area contributed by atoms with Crippen molar-refractivity contribution >= 4 is 21.9 Å². The van der Waals surface area contributed by atoms with Gasteiger partial charge in [-0.05, 0) is 57.2 Å². The zero-order chi connectivity index (χ0) is 14.6. The van der Waals surface area contributed by atoms with Crippen molar-refractivity contribution in [2.24, 2.45) is 0 Å². The van der Waals surface area contributed by atoms with E-state index in [1.165, 1.54) is 11.1 Å². The second kappa shape index (κ2) is 6.56. The van der Waals surface area contributed by atoms with E-state index in [1.54, 1.807) is 0 Å². The largest absolute Gasteiger partial charge is 0.460 e. The molecule has 0 aliphatic heterocycles. The second-order valence-electron chi connectivity index (χ2n) is 5.98. The summed E-state index contributed by atoms with van der Waals surface area (Å²) in [5, 5.41) is 0. The van der Waals surface area contributed by atoms with Crippen molar-refractivity contribution in [2.45, 2.75) is 59.0 Å². The van der Waals surface area contributed by atoms with E-state index < -0.39 is 5.60 Å². The lowest BCUT2D eigenvalue weighted by atomic mass is 9.92. The van der Waals surface area contributed by atoms with E-state index in [4.69, 9.17) is 4.74 Å². The molecule has 2 nitrogen and oxygen atoms in total. The Balaban J connectivity index is 2.59. The Morgan fingerprint density at radius 1 is 1.37 bits per heavy atom. The van der Waals surface area contributed by atoms with Gasteiger partial charge in [0, 0.05) is 10.9 Å². The SMILES string of the molecule is Cc1c(Br)cccc1C(C)CCC(=O)OC(C)(C)C. The number of ether oxygens (including phenoxy) is 1. The van der Waals surface area contributed by atoms with Crippen LogP contribution in [0.4, 0.5) is 0 Å². The van der Waals surface area contributed by atoms with Gasteiger partial charge < -0.3 is 4.74 Å². The lowest BCUT2D eigenvalue weighted by molar-refractivity contribution is -0.155. The number of benzene rings is 1. The molecule has 0 bridgehead atoms. The first-order valence-electron chi connectivity index (χ1n) is 6.67. The molecule has 0 aliphatic carbocycles. The Labute approximate surface area is 124 Å². The molecule has 106 valence electrons. The summed E-state index contributed by atoms with van der Waals surface area (Å²) in [6.07, 6.45) is 1.27. The molecule has 0 N–H and O–H groups in total. The molecule has 1 aromatic rings. The number of hydrogen-bond acceptors (Lipinski definition) is 2. The maximum Gasteiger partial charge on any atom is 0.306 e. The summed E-state index contributed by atoms with van der Waals surface area (Å²) >= 11 is 3.54. The van der Waals surface area contributed by atoms with Gasteiger partial charge in [0.1, 0.15) is 5.60 Å². The molecule has 0 amide bonds. The first kappa shape index (κ1) is 16.2. The highest BCUT2D eigenvalue weighted by molar-refractivity contribution is 9.10. The van der Waals surface area contributed by atoms with E-state index in [1.807, 2.05) is 32.9 Å². The van der Waals surface area contributed by atoms with Crippen LogP contribution in [0, 0.1) is 6.92 Å². The molecule has 0 saturated heterocycles. The fraction of sp³-hybridized carbons (Fsp3) is 0.562. The highest BCUT2D eigenvalue weighted by atomic mass is 79.9. The van der Waals surface area contributed by atoms with Gasteiger partial charge in [-0.25, -0.2) is 0 Å². The Morgan fingerprint density at radius 2 is 2.00 bits per heavy atom. The van der Waals surface area contributed by atoms with Gasteiger partial charge in [-0.1, -0.05) is 35.0 Å². The molecule has 0 aliphatic rings. The van der Waals surface area contributed by atoms with Crippen molar-refractivity contribution in [3.63, 3.8) is 0 Å². The van der Waals surface area contributed by atoms with Crippen LogP contribution in [0.5, 0.6) is 0 Å². The first-order chi connectivity index (χ1) is 8.70. The quantitative estimate of drug-likeness (QED) is 0.729. The summed E-state index contributed by atoms with van der Waals surface area (Å²) in [6, 6.07) is 6.20. The number of carbonyl (C=O) groups is 1. The molecule has 0 radical (unpaired) electrons. The molecule has 1 aromatic carbocycles.